The highest BCUT2D eigenvalue weighted by Gasteiger charge is 2.20. The summed E-state index contributed by atoms with van der Waals surface area (Å²) in [7, 11) is 0. The molecule has 2 N–H and O–H groups in total. The SMILES string of the molecule is Cc1c(NC(=O)CCN2CCC(O)C2)cccc1-c1cccc(OCCCN2CCCC2)c1C. The Morgan fingerprint density at radius 1 is 1.00 bits per heavy atom. The number of β-amino-alcohol motifs (C(OH)–C–C–N with tert-alkyl or cyclic N) is 1. The van der Waals surface area contributed by atoms with Crippen molar-refractivity contribution in [2.75, 3.05) is 51.2 Å². The lowest BCUT2D eigenvalue weighted by molar-refractivity contribution is -0.116. The monoisotopic (exact) mass is 465 g/mol. The van der Waals surface area contributed by atoms with Gasteiger partial charge in [0.2, 0.25) is 5.91 Å². The van der Waals surface area contributed by atoms with E-state index in [0.29, 0.717) is 19.5 Å². The van der Waals surface area contributed by atoms with Crippen LogP contribution in [0.2, 0.25) is 0 Å². The van der Waals surface area contributed by atoms with Gasteiger partial charge < -0.3 is 25.0 Å². The van der Waals surface area contributed by atoms with E-state index in [0.717, 1.165) is 66.2 Å². The van der Waals surface area contributed by atoms with E-state index in [1.807, 2.05) is 24.3 Å². The van der Waals surface area contributed by atoms with Crippen LogP contribution in [0.25, 0.3) is 11.1 Å². The number of carbonyl (C=O) groups is 1. The predicted molar refractivity (Wildman–Crippen MR) is 137 cm³/mol. The number of nitrogens with one attached hydrogen (secondary N) is 1. The molecule has 6 nitrogen and oxygen atoms in total. The third-order valence-corrected chi connectivity index (χ3v) is 7.16. The van der Waals surface area contributed by atoms with E-state index in [4.69, 9.17) is 4.74 Å². The van der Waals surface area contributed by atoms with Crippen LogP contribution in [-0.2, 0) is 4.79 Å². The molecule has 1 atom stereocenters. The van der Waals surface area contributed by atoms with Gasteiger partial charge in [-0.25, -0.2) is 0 Å². The number of aliphatic hydroxyl groups is 1. The Labute approximate surface area is 203 Å². The van der Waals surface area contributed by atoms with Crippen molar-refractivity contribution in [2.24, 2.45) is 0 Å². The molecule has 2 heterocycles. The van der Waals surface area contributed by atoms with Crippen LogP contribution in [0, 0.1) is 13.8 Å². The standard InChI is InChI=1S/C28H39N3O3/c1-21-24(8-5-10-26(21)29-28(33)13-18-31-17-12-23(32)20-31)25-9-6-11-27(22(25)2)34-19-7-16-30-14-3-4-15-30/h5-6,8-11,23,32H,3-4,7,12-20H2,1-2H3,(H,29,33). The van der Waals surface area contributed by atoms with Gasteiger partial charge in [-0.05, 0) is 87.0 Å². The van der Waals surface area contributed by atoms with E-state index >= 15 is 0 Å². The molecular weight excluding hydrogens is 426 g/mol. The summed E-state index contributed by atoms with van der Waals surface area (Å²) >= 11 is 0. The Hall–Kier alpha value is -2.41. The highest BCUT2D eigenvalue weighted by Crippen LogP contribution is 2.34. The maximum absolute atomic E-state index is 12.6. The van der Waals surface area contributed by atoms with Crippen LogP contribution >= 0.6 is 0 Å². The summed E-state index contributed by atoms with van der Waals surface area (Å²) in [6.45, 7) is 10.7. The minimum Gasteiger partial charge on any atom is -0.493 e. The Morgan fingerprint density at radius 2 is 1.74 bits per heavy atom. The van der Waals surface area contributed by atoms with Gasteiger partial charge in [0.15, 0.2) is 0 Å². The predicted octanol–water partition coefficient (Wildman–Crippen LogP) is 4.23. The summed E-state index contributed by atoms with van der Waals surface area (Å²) in [5.41, 5.74) is 5.28. The third kappa shape index (κ3) is 6.38. The first-order chi connectivity index (χ1) is 16.5. The number of ether oxygens (including phenoxy) is 1. The van der Waals surface area contributed by atoms with Gasteiger partial charge in [0.1, 0.15) is 5.75 Å². The fraction of sp³-hybridized carbons (Fsp3) is 0.536. The highest BCUT2D eigenvalue weighted by molar-refractivity contribution is 5.93. The second-order valence-electron chi connectivity index (χ2n) is 9.70. The molecule has 2 fully saturated rings. The van der Waals surface area contributed by atoms with Crippen molar-refractivity contribution in [2.45, 2.75) is 52.1 Å². The summed E-state index contributed by atoms with van der Waals surface area (Å²) < 4.78 is 6.16. The minimum absolute atomic E-state index is 0.00782. The Bertz CT molecular complexity index is 971. The van der Waals surface area contributed by atoms with E-state index < -0.39 is 0 Å². The zero-order valence-corrected chi connectivity index (χ0v) is 20.7. The molecule has 2 saturated heterocycles. The van der Waals surface area contributed by atoms with Crippen LogP contribution in [0.5, 0.6) is 5.75 Å². The smallest absolute Gasteiger partial charge is 0.225 e. The van der Waals surface area contributed by atoms with Crippen molar-refractivity contribution >= 4 is 11.6 Å². The normalized spacial score (nSPS) is 19.0. The molecule has 1 unspecified atom stereocenters. The molecule has 2 aliphatic rings. The molecule has 184 valence electrons. The molecule has 6 heteroatoms. The molecule has 0 saturated carbocycles. The lowest BCUT2D eigenvalue weighted by atomic mass is 9.95. The van der Waals surface area contributed by atoms with Crippen LogP contribution in [0.3, 0.4) is 0 Å². The second-order valence-corrected chi connectivity index (χ2v) is 9.70. The molecule has 0 aromatic heterocycles. The quantitative estimate of drug-likeness (QED) is 0.514. The average molecular weight is 466 g/mol. The fourth-order valence-corrected chi connectivity index (χ4v) is 5.09. The molecule has 0 radical (unpaired) electrons. The molecule has 1 amide bonds. The number of hydrogen-bond donors (Lipinski definition) is 2. The first-order valence-corrected chi connectivity index (χ1v) is 12.8. The fourth-order valence-electron chi connectivity index (χ4n) is 5.09. The van der Waals surface area contributed by atoms with Crippen molar-refractivity contribution in [3.05, 3.63) is 47.5 Å². The van der Waals surface area contributed by atoms with E-state index in [1.165, 1.54) is 25.9 Å². The van der Waals surface area contributed by atoms with Gasteiger partial charge in [0.25, 0.3) is 0 Å². The molecule has 0 bridgehead atoms. The molecule has 2 aliphatic heterocycles. The number of carbonyl (C=O) groups excluding carboxylic acids is 1. The van der Waals surface area contributed by atoms with E-state index in [9.17, 15) is 9.90 Å². The van der Waals surface area contributed by atoms with Crippen LogP contribution in [0.1, 0.15) is 43.2 Å². The number of anilines is 1. The van der Waals surface area contributed by atoms with E-state index in [2.05, 4.69) is 41.1 Å². The largest absolute Gasteiger partial charge is 0.493 e. The van der Waals surface area contributed by atoms with Gasteiger partial charge in [0.05, 0.1) is 12.7 Å². The highest BCUT2D eigenvalue weighted by atomic mass is 16.5. The molecule has 4 rings (SSSR count). The maximum Gasteiger partial charge on any atom is 0.225 e. The lowest BCUT2D eigenvalue weighted by Crippen LogP contribution is -2.26. The summed E-state index contributed by atoms with van der Waals surface area (Å²) in [6.07, 6.45) is 4.66. The second kappa shape index (κ2) is 11.8. The van der Waals surface area contributed by atoms with Gasteiger partial charge in [-0.1, -0.05) is 24.3 Å². The number of benzene rings is 2. The van der Waals surface area contributed by atoms with Crippen molar-refractivity contribution in [3.63, 3.8) is 0 Å². The molecule has 2 aromatic rings. The topological polar surface area (TPSA) is 65.0 Å². The molecule has 0 aliphatic carbocycles. The van der Waals surface area contributed by atoms with Crippen LogP contribution < -0.4 is 10.1 Å². The van der Waals surface area contributed by atoms with E-state index in [-0.39, 0.29) is 12.0 Å². The zero-order chi connectivity index (χ0) is 23.9. The van der Waals surface area contributed by atoms with Gasteiger partial charge in [-0.3, -0.25) is 4.79 Å². The van der Waals surface area contributed by atoms with Crippen molar-refractivity contribution in [1.29, 1.82) is 0 Å². The molecule has 2 aromatic carbocycles. The summed E-state index contributed by atoms with van der Waals surface area (Å²) in [6, 6.07) is 12.3. The zero-order valence-electron chi connectivity index (χ0n) is 20.7. The van der Waals surface area contributed by atoms with Gasteiger partial charge in [-0.15, -0.1) is 0 Å². The van der Waals surface area contributed by atoms with Crippen LogP contribution in [0.15, 0.2) is 36.4 Å². The first kappa shape index (κ1) is 24.7. The Balaban J connectivity index is 1.37. The number of rotatable bonds is 10. The third-order valence-electron chi connectivity index (χ3n) is 7.16. The maximum atomic E-state index is 12.6. The van der Waals surface area contributed by atoms with Gasteiger partial charge >= 0.3 is 0 Å². The number of likely N-dealkylation sites (tertiary alicyclic amines) is 2. The van der Waals surface area contributed by atoms with Crippen LogP contribution in [-0.4, -0.2) is 72.8 Å². The summed E-state index contributed by atoms with van der Waals surface area (Å²) in [5.74, 6) is 0.939. The number of amides is 1. The molecule has 0 spiro atoms. The van der Waals surface area contributed by atoms with E-state index in [1.54, 1.807) is 0 Å². The number of nitrogens with zero attached hydrogens (tertiary/aromatic N) is 2. The van der Waals surface area contributed by atoms with Crippen molar-refractivity contribution < 1.29 is 14.6 Å². The van der Waals surface area contributed by atoms with Gasteiger partial charge in [0, 0.05) is 38.3 Å². The average Bonchev–Trinajstić information content (AvgIpc) is 3.50. The molecular formula is C28H39N3O3. The lowest BCUT2D eigenvalue weighted by Gasteiger charge is -2.18. The first-order valence-electron chi connectivity index (χ1n) is 12.8. The van der Waals surface area contributed by atoms with Crippen molar-refractivity contribution in [3.8, 4) is 16.9 Å². The Morgan fingerprint density at radius 3 is 2.47 bits per heavy atom. The van der Waals surface area contributed by atoms with Crippen molar-refractivity contribution in [1.82, 2.24) is 9.80 Å². The summed E-state index contributed by atoms with van der Waals surface area (Å²) in [4.78, 5) is 17.3. The molecule has 34 heavy (non-hydrogen) atoms. The Kier molecular flexibility index (Phi) is 8.59. The minimum atomic E-state index is -0.255. The van der Waals surface area contributed by atoms with Gasteiger partial charge in [-0.2, -0.15) is 0 Å². The number of aliphatic hydroxyl groups excluding tert-OH is 1. The van der Waals surface area contributed by atoms with Crippen LogP contribution in [0.4, 0.5) is 5.69 Å². The number of hydrogen-bond acceptors (Lipinski definition) is 5. The summed E-state index contributed by atoms with van der Waals surface area (Å²) in [5, 5.41) is 12.8.